The first-order valence-electron chi connectivity index (χ1n) is 10.3. The average molecular weight is 416 g/mol. The van der Waals surface area contributed by atoms with Gasteiger partial charge in [0.05, 0.1) is 5.92 Å². The molecule has 7 nitrogen and oxygen atoms in total. The van der Waals surface area contributed by atoms with Crippen molar-refractivity contribution in [3.63, 3.8) is 0 Å². The van der Waals surface area contributed by atoms with Gasteiger partial charge in [0, 0.05) is 49.3 Å². The van der Waals surface area contributed by atoms with Crippen molar-refractivity contribution in [1.29, 1.82) is 0 Å². The number of anilines is 2. The number of hydrogen-bond acceptors (Lipinski definition) is 4. The number of carbonyl (C=O) groups excluding carboxylic acids is 3. The largest absolute Gasteiger partial charge is 0.331 e. The second kappa shape index (κ2) is 8.55. The molecule has 31 heavy (non-hydrogen) atoms. The lowest BCUT2D eigenvalue weighted by molar-refractivity contribution is -0.122. The first-order valence-corrected chi connectivity index (χ1v) is 10.3. The van der Waals surface area contributed by atoms with Crippen molar-refractivity contribution in [2.45, 2.75) is 19.8 Å². The molecular formula is C24H24N4O3. The Hall–Kier alpha value is -3.74. The number of benzene rings is 2. The summed E-state index contributed by atoms with van der Waals surface area (Å²) in [6.45, 7) is 2.42. The lowest BCUT2D eigenvalue weighted by atomic mass is 10.1. The third-order valence-electron chi connectivity index (χ3n) is 5.57. The van der Waals surface area contributed by atoms with Gasteiger partial charge < -0.3 is 14.8 Å². The predicted octanol–water partition coefficient (Wildman–Crippen LogP) is 3.21. The molecule has 0 radical (unpaired) electrons. The van der Waals surface area contributed by atoms with Crippen molar-refractivity contribution >= 4 is 29.0 Å². The third-order valence-corrected chi connectivity index (χ3v) is 5.57. The summed E-state index contributed by atoms with van der Waals surface area (Å²) in [5, 5.41) is 2.86. The molecule has 1 saturated heterocycles. The molecule has 2 aromatic carbocycles. The van der Waals surface area contributed by atoms with Crippen LogP contribution in [-0.4, -0.2) is 33.7 Å². The Kier molecular flexibility index (Phi) is 5.66. The van der Waals surface area contributed by atoms with E-state index in [4.69, 9.17) is 0 Å². The molecule has 2 amide bonds. The van der Waals surface area contributed by atoms with Crippen molar-refractivity contribution in [3.05, 3.63) is 77.9 Å². The highest BCUT2D eigenvalue weighted by Crippen LogP contribution is 2.27. The summed E-state index contributed by atoms with van der Waals surface area (Å²) in [6.07, 6.45) is 4.36. The van der Waals surface area contributed by atoms with E-state index in [1.807, 2.05) is 24.3 Å². The second-order valence-electron chi connectivity index (χ2n) is 7.69. The van der Waals surface area contributed by atoms with Gasteiger partial charge in [0.15, 0.2) is 5.82 Å². The van der Waals surface area contributed by atoms with Crippen molar-refractivity contribution in [2.24, 2.45) is 13.0 Å². The molecule has 1 atom stereocenters. The number of amides is 2. The second-order valence-corrected chi connectivity index (χ2v) is 7.69. The molecule has 4 rings (SSSR count). The third kappa shape index (κ3) is 4.26. The number of carbonyl (C=O) groups is 3. The van der Waals surface area contributed by atoms with Crippen molar-refractivity contribution in [1.82, 2.24) is 9.55 Å². The number of rotatable bonds is 6. The predicted molar refractivity (Wildman–Crippen MR) is 118 cm³/mol. The quantitative estimate of drug-likeness (QED) is 0.626. The molecule has 1 aliphatic rings. The number of aromatic nitrogens is 2. The van der Waals surface area contributed by atoms with E-state index in [0.29, 0.717) is 23.6 Å². The van der Waals surface area contributed by atoms with Gasteiger partial charge in [-0.15, -0.1) is 0 Å². The van der Waals surface area contributed by atoms with Crippen LogP contribution in [0.5, 0.6) is 0 Å². The van der Waals surface area contributed by atoms with Gasteiger partial charge in [-0.2, -0.15) is 0 Å². The summed E-state index contributed by atoms with van der Waals surface area (Å²) in [4.78, 5) is 43.5. The first kappa shape index (κ1) is 20.5. The summed E-state index contributed by atoms with van der Waals surface area (Å²) in [6, 6.07) is 14.5. The van der Waals surface area contributed by atoms with Crippen LogP contribution in [0.3, 0.4) is 0 Å². The maximum absolute atomic E-state index is 12.7. The van der Waals surface area contributed by atoms with Crippen molar-refractivity contribution in [2.75, 3.05) is 16.8 Å². The van der Waals surface area contributed by atoms with Gasteiger partial charge in [-0.25, -0.2) is 4.98 Å². The molecule has 3 aromatic rings. The maximum Gasteiger partial charge on any atom is 0.229 e. The summed E-state index contributed by atoms with van der Waals surface area (Å²) in [5.41, 5.74) is 3.06. The molecule has 1 N–H and O–H groups in total. The van der Waals surface area contributed by atoms with Crippen LogP contribution >= 0.6 is 0 Å². The Morgan fingerprint density at radius 2 is 1.94 bits per heavy atom. The smallest absolute Gasteiger partial charge is 0.229 e. The van der Waals surface area contributed by atoms with Gasteiger partial charge in [-0.1, -0.05) is 19.1 Å². The highest BCUT2D eigenvalue weighted by molar-refractivity contribution is 6.07. The summed E-state index contributed by atoms with van der Waals surface area (Å²) >= 11 is 0. The molecule has 0 saturated carbocycles. The highest BCUT2D eigenvalue weighted by Gasteiger charge is 2.35. The lowest BCUT2D eigenvalue weighted by Crippen LogP contribution is -2.28. The Bertz CT molecular complexity index is 1130. The van der Waals surface area contributed by atoms with Crippen LogP contribution in [-0.2, 0) is 23.1 Å². The van der Waals surface area contributed by atoms with Gasteiger partial charge in [0.2, 0.25) is 17.6 Å². The monoisotopic (exact) mass is 416 g/mol. The van der Waals surface area contributed by atoms with Crippen LogP contribution < -0.4 is 10.2 Å². The molecule has 0 aliphatic carbocycles. The highest BCUT2D eigenvalue weighted by atomic mass is 16.2. The lowest BCUT2D eigenvalue weighted by Gasteiger charge is -2.17. The van der Waals surface area contributed by atoms with E-state index in [1.54, 1.807) is 53.2 Å². The van der Waals surface area contributed by atoms with Gasteiger partial charge in [-0.3, -0.25) is 14.4 Å². The summed E-state index contributed by atoms with van der Waals surface area (Å²) in [5.74, 6) is -0.507. The minimum Gasteiger partial charge on any atom is -0.331 e. The fraction of sp³-hybridized carbons (Fsp3) is 0.250. The van der Waals surface area contributed by atoms with Crippen molar-refractivity contribution in [3.8, 4) is 0 Å². The van der Waals surface area contributed by atoms with E-state index in [0.717, 1.165) is 17.7 Å². The zero-order valence-corrected chi connectivity index (χ0v) is 17.5. The van der Waals surface area contributed by atoms with Crippen molar-refractivity contribution < 1.29 is 14.4 Å². The first-order chi connectivity index (χ1) is 15.0. The number of hydrogen-bond donors (Lipinski definition) is 1. The SMILES string of the molecule is CCc1cccc(N2C[C@@H](C(=O)Nc3ccc(C(=O)c4nccn4C)cc3)CC2=O)c1. The fourth-order valence-corrected chi connectivity index (χ4v) is 3.74. The minimum absolute atomic E-state index is 0.0515. The molecule has 158 valence electrons. The fourth-order valence-electron chi connectivity index (χ4n) is 3.74. The maximum atomic E-state index is 12.7. The molecule has 1 aliphatic heterocycles. The Balaban J connectivity index is 1.41. The molecule has 0 bridgehead atoms. The van der Waals surface area contributed by atoms with E-state index in [2.05, 4.69) is 17.2 Å². The van der Waals surface area contributed by atoms with Gasteiger partial charge in [0.1, 0.15) is 0 Å². The van der Waals surface area contributed by atoms with E-state index < -0.39 is 5.92 Å². The number of imidazole rings is 1. The molecule has 1 fully saturated rings. The molecule has 1 aromatic heterocycles. The number of ketones is 1. The summed E-state index contributed by atoms with van der Waals surface area (Å²) in [7, 11) is 1.76. The van der Waals surface area contributed by atoms with Crippen LogP contribution in [0.25, 0.3) is 0 Å². The Labute approximate surface area is 180 Å². The minimum atomic E-state index is -0.424. The van der Waals surface area contributed by atoms with Crippen LogP contribution in [0, 0.1) is 5.92 Å². The van der Waals surface area contributed by atoms with E-state index >= 15 is 0 Å². The molecule has 2 heterocycles. The van der Waals surface area contributed by atoms with Crippen LogP contribution in [0.1, 0.15) is 35.1 Å². The summed E-state index contributed by atoms with van der Waals surface area (Å²) < 4.78 is 1.66. The molecule has 7 heteroatoms. The topological polar surface area (TPSA) is 84.3 Å². The molecule has 0 unspecified atom stereocenters. The Morgan fingerprint density at radius 3 is 2.61 bits per heavy atom. The van der Waals surface area contributed by atoms with Crippen LogP contribution in [0.15, 0.2) is 60.9 Å². The number of nitrogens with zero attached hydrogens (tertiary/aromatic N) is 3. The number of nitrogens with one attached hydrogen (secondary N) is 1. The van der Waals surface area contributed by atoms with Crippen LogP contribution in [0.2, 0.25) is 0 Å². The van der Waals surface area contributed by atoms with E-state index in [9.17, 15) is 14.4 Å². The zero-order valence-electron chi connectivity index (χ0n) is 17.5. The van der Waals surface area contributed by atoms with Crippen LogP contribution in [0.4, 0.5) is 11.4 Å². The van der Waals surface area contributed by atoms with E-state index in [1.165, 1.54) is 0 Å². The zero-order chi connectivity index (χ0) is 22.0. The molecule has 0 spiro atoms. The normalized spacial score (nSPS) is 15.9. The standard InChI is InChI=1S/C24H24N4O3/c1-3-16-5-4-6-20(13-16)28-15-18(14-21(28)29)24(31)26-19-9-7-17(8-10-19)22(30)23-25-11-12-27(23)2/h4-13,18H,3,14-15H2,1-2H3,(H,26,31)/t18-/m0/s1. The van der Waals surface area contributed by atoms with E-state index in [-0.39, 0.29) is 24.0 Å². The number of aryl methyl sites for hydroxylation is 2. The van der Waals surface area contributed by atoms with Gasteiger partial charge in [-0.05, 0) is 48.4 Å². The van der Waals surface area contributed by atoms with Gasteiger partial charge in [0.25, 0.3) is 0 Å². The average Bonchev–Trinajstić information content (AvgIpc) is 3.39. The van der Waals surface area contributed by atoms with Gasteiger partial charge >= 0.3 is 0 Å². The Morgan fingerprint density at radius 1 is 1.16 bits per heavy atom. The molecular weight excluding hydrogens is 392 g/mol.